The molecule has 2 aliphatic rings. The van der Waals surface area contributed by atoms with Gasteiger partial charge in [0.1, 0.15) is 23.7 Å². The molecular formula is C21H18O7. The molecule has 28 heavy (non-hydrogen) atoms. The highest BCUT2D eigenvalue weighted by Gasteiger charge is 2.57. The highest BCUT2D eigenvalue weighted by molar-refractivity contribution is 6.09. The normalized spacial score (nSPS) is 22.5. The Bertz CT molecular complexity index is 1100. The van der Waals surface area contributed by atoms with Gasteiger partial charge in [0, 0.05) is 30.2 Å². The Balaban J connectivity index is 1.74. The van der Waals surface area contributed by atoms with E-state index in [9.17, 15) is 4.79 Å². The number of Topliss-reactive ketones (excluding diaryl/α,β-unsaturated/α-hetero) is 1. The third-order valence-electron chi connectivity index (χ3n) is 5.46. The summed E-state index contributed by atoms with van der Waals surface area (Å²) in [5.74, 6) is 1.75. The molecular weight excluding hydrogens is 364 g/mol. The number of fused-ring (bicyclic) bond motifs is 5. The number of hydrogen-bond donors (Lipinski definition) is 0. The molecule has 3 aromatic rings. The second-order valence-electron chi connectivity index (χ2n) is 6.70. The third-order valence-corrected chi connectivity index (χ3v) is 5.46. The van der Waals surface area contributed by atoms with E-state index in [-0.39, 0.29) is 12.4 Å². The summed E-state index contributed by atoms with van der Waals surface area (Å²) in [6.07, 6.45) is 0.922. The van der Waals surface area contributed by atoms with Crippen molar-refractivity contribution >= 4 is 16.8 Å². The molecule has 0 saturated carbocycles. The molecule has 0 amide bonds. The molecule has 2 unspecified atom stereocenters. The Morgan fingerprint density at radius 3 is 2.57 bits per heavy atom. The zero-order valence-electron chi connectivity index (χ0n) is 15.6. The van der Waals surface area contributed by atoms with Gasteiger partial charge in [0.05, 0.1) is 26.0 Å². The smallest absolute Gasteiger partial charge is 0.207 e. The van der Waals surface area contributed by atoms with E-state index >= 15 is 0 Å². The Hall–Kier alpha value is -3.19. The van der Waals surface area contributed by atoms with Crippen LogP contribution in [0.25, 0.3) is 11.0 Å². The molecule has 5 rings (SSSR count). The van der Waals surface area contributed by atoms with Crippen LogP contribution in [-0.2, 0) is 10.3 Å². The lowest BCUT2D eigenvalue weighted by Crippen LogP contribution is -2.58. The van der Waals surface area contributed by atoms with Gasteiger partial charge in [0.25, 0.3) is 0 Å². The van der Waals surface area contributed by atoms with Crippen molar-refractivity contribution in [2.45, 2.75) is 11.7 Å². The Kier molecular flexibility index (Phi) is 3.57. The minimum Gasteiger partial charge on any atom is -0.493 e. The topological polar surface area (TPSA) is 76.4 Å². The van der Waals surface area contributed by atoms with Gasteiger partial charge in [-0.15, -0.1) is 0 Å². The average Bonchev–Trinajstić information content (AvgIpc) is 3.18. The van der Waals surface area contributed by atoms with Gasteiger partial charge in [-0.2, -0.15) is 0 Å². The van der Waals surface area contributed by atoms with Gasteiger partial charge < -0.3 is 28.1 Å². The SMILES string of the molecule is COc1cc2c(cc1OC)C1(OC)C(=O)c3cc4ccoc4cc3OC1CO2. The molecule has 0 radical (unpaired) electrons. The zero-order valence-corrected chi connectivity index (χ0v) is 15.6. The first-order valence-corrected chi connectivity index (χ1v) is 8.79. The maximum atomic E-state index is 13.7. The molecule has 2 aliphatic heterocycles. The van der Waals surface area contributed by atoms with Crippen molar-refractivity contribution < 1.29 is 32.9 Å². The number of carbonyl (C=O) groups is 1. The molecule has 7 nitrogen and oxygen atoms in total. The van der Waals surface area contributed by atoms with Gasteiger partial charge in [-0.3, -0.25) is 4.79 Å². The van der Waals surface area contributed by atoms with Crippen LogP contribution in [0.4, 0.5) is 0 Å². The summed E-state index contributed by atoms with van der Waals surface area (Å²) in [6, 6.07) is 8.72. The molecule has 0 aliphatic carbocycles. The van der Waals surface area contributed by atoms with E-state index in [0.29, 0.717) is 39.7 Å². The van der Waals surface area contributed by atoms with Crippen molar-refractivity contribution in [2.75, 3.05) is 27.9 Å². The van der Waals surface area contributed by atoms with Gasteiger partial charge in [-0.1, -0.05) is 0 Å². The number of ketones is 1. The van der Waals surface area contributed by atoms with Crippen molar-refractivity contribution in [3.63, 3.8) is 0 Å². The van der Waals surface area contributed by atoms with Gasteiger partial charge in [-0.05, 0) is 18.2 Å². The maximum absolute atomic E-state index is 13.7. The van der Waals surface area contributed by atoms with E-state index < -0.39 is 11.7 Å². The second-order valence-corrected chi connectivity index (χ2v) is 6.70. The van der Waals surface area contributed by atoms with Crippen molar-refractivity contribution in [3.05, 3.63) is 47.7 Å². The molecule has 0 fully saturated rings. The summed E-state index contributed by atoms with van der Waals surface area (Å²) >= 11 is 0. The van der Waals surface area contributed by atoms with Gasteiger partial charge >= 0.3 is 0 Å². The summed E-state index contributed by atoms with van der Waals surface area (Å²) in [7, 11) is 4.58. The predicted octanol–water partition coefficient (Wildman–Crippen LogP) is 3.33. The molecule has 144 valence electrons. The van der Waals surface area contributed by atoms with Crippen LogP contribution in [0.3, 0.4) is 0 Å². The lowest BCUT2D eigenvalue weighted by molar-refractivity contribution is -0.102. The highest BCUT2D eigenvalue weighted by atomic mass is 16.6. The summed E-state index contributed by atoms with van der Waals surface area (Å²) in [4.78, 5) is 13.7. The Morgan fingerprint density at radius 1 is 1.04 bits per heavy atom. The van der Waals surface area contributed by atoms with Gasteiger partial charge in [-0.25, -0.2) is 0 Å². The van der Waals surface area contributed by atoms with Crippen LogP contribution in [-0.4, -0.2) is 39.8 Å². The van der Waals surface area contributed by atoms with Crippen molar-refractivity contribution in [2.24, 2.45) is 0 Å². The minimum absolute atomic E-state index is 0.150. The number of methoxy groups -OCH3 is 3. The van der Waals surface area contributed by atoms with Crippen LogP contribution in [0.5, 0.6) is 23.0 Å². The first-order valence-electron chi connectivity index (χ1n) is 8.79. The summed E-state index contributed by atoms with van der Waals surface area (Å²) in [6.45, 7) is 0.150. The van der Waals surface area contributed by atoms with Gasteiger partial charge in [0.15, 0.2) is 23.2 Å². The van der Waals surface area contributed by atoms with Crippen molar-refractivity contribution in [1.29, 1.82) is 0 Å². The largest absolute Gasteiger partial charge is 0.493 e. The summed E-state index contributed by atoms with van der Waals surface area (Å²) < 4.78 is 34.1. The van der Waals surface area contributed by atoms with E-state index in [1.807, 2.05) is 0 Å². The lowest BCUT2D eigenvalue weighted by Gasteiger charge is -2.45. The van der Waals surface area contributed by atoms with Crippen LogP contribution in [0, 0.1) is 0 Å². The zero-order chi connectivity index (χ0) is 19.5. The molecule has 1 aromatic heterocycles. The van der Waals surface area contributed by atoms with E-state index in [0.717, 1.165) is 5.39 Å². The second kappa shape index (κ2) is 5.90. The van der Waals surface area contributed by atoms with E-state index in [2.05, 4.69) is 0 Å². The first kappa shape index (κ1) is 16.9. The molecule has 2 atom stereocenters. The summed E-state index contributed by atoms with van der Waals surface area (Å²) in [5.41, 5.74) is 0.291. The van der Waals surface area contributed by atoms with Crippen LogP contribution in [0.2, 0.25) is 0 Å². The number of ether oxygens (including phenoxy) is 5. The molecule has 0 bridgehead atoms. The Labute approximate surface area is 160 Å². The van der Waals surface area contributed by atoms with E-state index in [4.69, 9.17) is 28.1 Å². The number of benzene rings is 2. The standard InChI is InChI=1S/C21H18O7/c1-23-17-7-13-16(9-18(17)24-2)27-10-19-21(13,25-3)20(22)12-6-11-4-5-26-14(11)8-15(12)28-19/h4-9,19H,10H2,1-3H3. The first-order chi connectivity index (χ1) is 13.6. The Morgan fingerprint density at radius 2 is 1.82 bits per heavy atom. The fraction of sp³-hybridized carbons (Fsp3) is 0.286. The fourth-order valence-corrected chi connectivity index (χ4v) is 4.07. The minimum atomic E-state index is -1.35. The van der Waals surface area contributed by atoms with Crippen LogP contribution in [0.15, 0.2) is 41.0 Å². The average molecular weight is 382 g/mol. The number of furan rings is 1. The van der Waals surface area contributed by atoms with Crippen LogP contribution < -0.4 is 18.9 Å². The highest BCUT2D eigenvalue weighted by Crippen LogP contribution is 2.51. The molecule has 3 heterocycles. The summed E-state index contributed by atoms with van der Waals surface area (Å²) in [5, 5.41) is 0.819. The number of carbonyl (C=O) groups excluding carboxylic acids is 1. The lowest BCUT2D eigenvalue weighted by atomic mass is 9.77. The van der Waals surface area contributed by atoms with Crippen molar-refractivity contribution in [1.82, 2.24) is 0 Å². The quantitative estimate of drug-likeness (QED) is 0.688. The molecule has 2 aromatic carbocycles. The van der Waals surface area contributed by atoms with Gasteiger partial charge in [0.2, 0.25) is 5.78 Å². The third kappa shape index (κ3) is 2.05. The molecule has 0 spiro atoms. The molecule has 0 N–H and O–H groups in total. The number of hydrogen-bond acceptors (Lipinski definition) is 7. The van der Waals surface area contributed by atoms with Crippen LogP contribution >= 0.6 is 0 Å². The monoisotopic (exact) mass is 382 g/mol. The predicted molar refractivity (Wildman–Crippen MR) is 98.7 cm³/mol. The maximum Gasteiger partial charge on any atom is 0.207 e. The van der Waals surface area contributed by atoms with E-state index in [1.54, 1.807) is 43.7 Å². The molecule has 7 heteroatoms. The van der Waals surface area contributed by atoms with Crippen molar-refractivity contribution in [3.8, 4) is 23.0 Å². The van der Waals surface area contributed by atoms with Crippen LogP contribution in [0.1, 0.15) is 15.9 Å². The van der Waals surface area contributed by atoms with E-state index in [1.165, 1.54) is 14.2 Å². The fourth-order valence-electron chi connectivity index (χ4n) is 4.07. The number of rotatable bonds is 3. The molecule has 0 saturated heterocycles.